The fraction of sp³-hybridized carbons (Fsp3) is 0.857. The summed E-state index contributed by atoms with van der Waals surface area (Å²) in [5.41, 5.74) is 5.45. The van der Waals surface area contributed by atoms with E-state index in [4.69, 9.17) is 23.3 Å². The number of hydrogen-bond acceptors (Lipinski definition) is 5. The van der Waals surface area contributed by atoms with E-state index in [1.54, 1.807) is 0 Å². The first-order valence-electron chi connectivity index (χ1n) is 4.11. The van der Waals surface area contributed by atoms with Crippen molar-refractivity contribution in [3.63, 3.8) is 0 Å². The molecule has 1 atom stereocenters. The summed E-state index contributed by atoms with van der Waals surface area (Å²) in [5, 5.41) is 0. The number of rotatable bonds is 3. The van der Waals surface area contributed by atoms with Gasteiger partial charge in [0, 0.05) is 0 Å². The third-order valence-corrected chi connectivity index (χ3v) is 1.23. The zero-order valence-electron chi connectivity index (χ0n) is 8.87. The molecule has 0 aromatic carbocycles. The van der Waals surface area contributed by atoms with Gasteiger partial charge in [-0.05, 0) is 12.3 Å². The van der Waals surface area contributed by atoms with E-state index in [9.17, 15) is 4.79 Å². The van der Waals surface area contributed by atoms with Crippen molar-refractivity contribution in [3.05, 3.63) is 0 Å². The van der Waals surface area contributed by atoms with Crippen molar-refractivity contribution in [2.75, 3.05) is 7.11 Å². The Labute approximate surface area is 89.2 Å². The SMILES string of the molecule is COC(=O)C(N)CC(C)C.O=S(=O)(O)O. The molecule has 0 rings (SSSR count). The summed E-state index contributed by atoms with van der Waals surface area (Å²) in [4.78, 5) is 10.7. The fourth-order valence-electron chi connectivity index (χ4n) is 0.755. The van der Waals surface area contributed by atoms with Crippen molar-refractivity contribution >= 4 is 16.4 Å². The van der Waals surface area contributed by atoms with Crippen LogP contribution in [0.2, 0.25) is 0 Å². The zero-order valence-corrected chi connectivity index (χ0v) is 9.69. The predicted octanol–water partition coefficient (Wildman–Crippen LogP) is -0.120. The van der Waals surface area contributed by atoms with E-state index in [0.29, 0.717) is 12.3 Å². The van der Waals surface area contributed by atoms with E-state index in [1.807, 2.05) is 13.8 Å². The Hall–Kier alpha value is -0.700. The highest BCUT2D eigenvalue weighted by atomic mass is 32.3. The lowest BCUT2D eigenvalue weighted by Gasteiger charge is -2.10. The van der Waals surface area contributed by atoms with Crippen LogP contribution in [0, 0.1) is 5.92 Å². The van der Waals surface area contributed by atoms with Gasteiger partial charge in [-0.25, -0.2) is 0 Å². The Morgan fingerprint density at radius 1 is 1.40 bits per heavy atom. The van der Waals surface area contributed by atoms with Crippen molar-refractivity contribution in [2.45, 2.75) is 26.3 Å². The van der Waals surface area contributed by atoms with Crippen LogP contribution in [0.1, 0.15) is 20.3 Å². The highest BCUT2D eigenvalue weighted by molar-refractivity contribution is 7.79. The Kier molecular flexibility index (Phi) is 8.44. The van der Waals surface area contributed by atoms with Crippen molar-refractivity contribution < 1.29 is 27.1 Å². The summed E-state index contributed by atoms with van der Waals surface area (Å²) in [6.45, 7) is 4.03. The Balaban J connectivity index is 0. The van der Waals surface area contributed by atoms with Gasteiger partial charge in [-0.3, -0.25) is 13.9 Å². The van der Waals surface area contributed by atoms with Crippen LogP contribution in [0.5, 0.6) is 0 Å². The van der Waals surface area contributed by atoms with Gasteiger partial charge in [0.1, 0.15) is 6.04 Å². The van der Waals surface area contributed by atoms with Crippen molar-refractivity contribution in [3.8, 4) is 0 Å². The van der Waals surface area contributed by atoms with Gasteiger partial charge in [-0.1, -0.05) is 13.8 Å². The van der Waals surface area contributed by atoms with Crippen LogP contribution in [-0.4, -0.2) is 36.6 Å². The second-order valence-electron chi connectivity index (χ2n) is 3.21. The number of esters is 1. The van der Waals surface area contributed by atoms with Gasteiger partial charge in [-0.2, -0.15) is 8.42 Å². The quantitative estimate of drug-likeness (QED) is 0.465. The summed E-state index contributed by atoms with van der Waals surface area (Å²) >= 11 is 0. The highest BCUT2D eigenvalue weighted by Crippen LogP contribution is 2.02. The van der Waals surface area contributed by atoms with Gasteiger partial charge in [-0.15, -0.1) is 0 Å². The van der Waals surface area contributed by atoms with Gasteiger partial charge < -0.3 is 10.5 Å². The number of nitrogens with two attached hydrogens (primary N) is 1. The molecule has 0 heterocycles. The predicted molar refractivity (Wildman–Crippen MR) is 53.6 cm³/mol. The molecule has 0 spiro atoms. The van der Waals surface area contributed by atoms with Crippen LogP contribution in [-0.2, 0) is 19.9 Å². The number of carbonyl (C=O) groups excluding carboxylic acids is 1. The summed E-state index contributed by atoms with van der Waals surface area (Å²) < 4.78 is 36.0. The molecular weight excluding hydrogens is 226 g/mol. The average molecular weight is 243 g/mol. The van der Waals surface area contributed by atoms with E-state index >= 15 is 0 Å². The zero-order chi connectivity index (χ0) is 12.6. The van der Waals surface area contributed by atoms with Crippen LogP contribution in [0.4, 0.5) is 0 Å². The van der Waals surface area contributed by atoms with E-state index in [2.05, 4.69) is 4.74 Å². The second-order valence-corrected chi connectivity index (χ2v) is 4.10. The van der Waals surface area contributed by atoms with Gasteiger partial charge in [0.2, 0.25) is 0 Å². The lowest BCUT2D eigenvalue weighted by atomic mass is 10.1. The lowest BCUT2D eigenvalue weighted by Crippen LogP contribution is -2.32. The molecule has 0 aliphatic rings. The van der Waals surface area contributed by atoms with E-state index < -0.39 is 16.4 Å². The van der Waals surface area contributed by atoms with Crippen molar-refractivity contribution in [2.24, 2.45) is 11.7 Å². The number of ether oxygens (including phenoxy) is 1. The molecule has 0 fully saturated rings. The molecule has 7 nitrogen and oxygen atoms in total. The molecule has 1 unspecified atom stereocenters. The first-order valence-corrected chi connectivity index (χ1v) is 5.51. The van der Waals surface area contributed by atoms with Gasteiger partial charge >= 0.3 is 16.4 Å². The standard InChI is InChI=1S/C7H15NO2.H2O4S/c1-5(2)4-6(8)7(9)10-3;1-5(2,3)4/h5-6H,4,8H2,1-3H3;(H2,1,2,3,4). The molecule has 15 heavy (non-hydrogen) atoms. The molecule has 0 aliphatic heterocycles. The molecule has 0 bridgehead atoms. The maximum atomic E-state index is 10.7. The first kappa shape index (κ1) is 16.7. The average Bonchev–Trinajstić information content (AvgIpc) is 1.98. The molecule has 0 aromatic rings. The summed E-state index contributed by atoms with van der Waals surface area (Å²) in [7, 11) is -3.32. The molecule has 0 radical (unpaired) electrons. The summed E-state index contributed by atoms with van der Waals surface area (Å²) in [6.07, 6.45) is 0.687. The molecule has 0 saturated heterocycles. The molecule has 0 amide bonds. The normalized spacial score (nSPS) is 12.7. The molecule has 0 aliphatic carbocycles. The van der Waals surface area contributed by atoms with Crippen LogP contribution >= 0.6 is 0 Å². The van der Waals surface area contributed by atoms with Crippen LogP contribution in [0.25, 0.3) is 0 Å². The number of methoxy groups -OCH3 is 1. The largest absolute Gasteiger partial charge is 0.468 e. The van der Waals surface area contributed by atoms with Gasteiger partial charge in [0.25, 0.3) is 0 Å². The van der Waals surface area contributed by atoms with Crippen LogP contribution in [0.3, 0.4) is 0 Å². The highest BCUT2D eigenvalue weighted by Gasteiger charge is 2.14. The maximum Gasteiger partial charge on any atom is 0.394 e. The van der Waals surface area contributed by atoms with E-state index in [0.717, 1.165) is 0 Å². The molecule has 0 saturated carbocycles. The minimum absolute atomic E-state index is 0.325. The summed E-state index contributed by atoms with van der Waals surface area (Å²) in [5.74, 6) is 0.114. The third kappa shape index (κ3) is 19.6. The lowest BCUT2D eigenvalue weighted by molar-refractivity contribution is -0.142. The Bertz CT molecular complexity index is 265. The second kappa shape index (κ2) is 7.57. The van der Waals surface area contributed by atoms with Crippen LogP contribution < -0.4 is 5.73 Å². The molecule has 0 aromatic heterocycles. The molecule has 8 heteroatoms. The smallest absolute Gasteiger partial charge is 0.394 e. The number of carbonyl (C=O) groups is 1. The molecular formula is C7H17NO6S. The maximum absolute atomic E-state index is 10.7. The number of hydrogen-bond donors (Lipinski definition) is 3. The van der Waals surface area contributed by atoms with E-state index in [1.165, 1.54) is 7.11 Å². The third-order valence-electron chi connectivity index (χ3n) is 1.23. The van der Waals surface area contributed by atoms with E-state index in [-0.39, 0.29) is 5.97 Å². The summed E-state index contributed by atoms with van der Waals surface area (Å²) in [6, 6.07) is -0.454. The fourth-order valence-corrected chi connectivity index (χ4v) is 0.755. The topological polar surface area (TPSA) is 127 Å². The monoisotopic (exact) mass is 243 g/mol. The van der Waals surface area contributed by atoms with Gasteiger partial charge in [0.05, 0.1) is 7.11 Å². The Morgan fingerprint density at radius 2 is 1.73 bits per heavy atom. The van der Waals surface area contributed by atoms with Gasteiger partial charge in [0.15, 0.2) is 0 Å². The first-order chi connectivity index (χ1) is 6.57. The molecule has 92 valence electrons. The van der Waals surface area contributed by atoms with Crippen molar-refractivity contribution in [1.82, 2.24) is 0 Å². The minimum Gasteiger partial charge on any atom is -0.468 e. The molecule has 4 N–H and O–H groups in total. The van der Waals surface area contributed by atoms with Crippen molar-refractivity contribution in [1.29, 1.82) is 0 Å². The van der Waals surface area contributed by atoms with Crippen LogP contribution in [0.15, 0.2) is 0 Å². The minimum atomic E-state index is -4.67. The Morgan fingerprint density at radius 3 is 1.93 bits per heavy atom.